The van der Waals surface area contributed by atoms with Gasteiger partial charge in [-0.15, -0.1) is 0 Å². The van der Waals surface area contributed by atoms with Gasteiger partial charge in [0, 0.05) is 0 Å². The van der Waals surface area contributed by atoms with Gasteiger partial charge in [-0.25, -0.2) is 4.79 Å². The average Bonchev–Trinajstić information content (AvgIpc) is 2.59. The van der Waals surface area contributed by atoms with Crippen molar-refractivity contribution in [3.8, 4) is 11.5 Å². The highest BCUT2D eigenvalue weighted by atomic mass is 16.6. The number of likely N-dealkylation sites (tertiary alicyclic amines) is 1. The lowest BCUT2D eigenvalue weighted by molar-refractivity contribution is -0.146. The Morgan fingerprint density at radius 3 is 2.57 bits per heavy atom. The minimum atomic E-state index is -3.12. The van der Waals surface area contributed by atoms with E-state index >= 15 is 0 Å². The minimum Gasteiger partial charge on any atom is -0.669 e. The van der Waals surface area contributed by atoms with Gasteiger partial charge in [-0.3, -0.25) is 14.5 Å². The Morgan fingerprint density at radius 2 is 2.00 bits per heavy atom. The van der Waals surface area contributed by atoms with E-state index in [1.807, 2.05) is 0 Å². The van der Waals surface area contributed by atoms with Gasteiger partial charge in [0.2, 0.25) is 11.8 Å². The molecule has 1 saturated heterocycles. The van der Waals surface area contributed by atoms with Crippen LogP contribution in [0.1, 0.15) is 22.3 Å². The number of nitrogens with zero attached hydrogens (tertiary/aromatic N) is 2. The number of fused-ring (bicyclic) bond motifs is 1. The van der Waals surface area contributed by atoms with Crippen LogP contribution in [0.15, 0.2) is 12.1 Å². The van der Waals surface area contributed by atoms with E-state index in [0.717, 1.165) is 0 Å². The largest absolute Gasteiger partial charge is 0.669 e. The van der Waals surface area contributed by atoms with Crippen LogP contribution in [0.2, 0.25) is 6.32 Å². The lowest BCUT2D eigenvalue weighted by Crippen LogP contribution is -2.60. The van der Waals surface area contributed by atoms with E-state index in [1.54, 1.807) is 25.1 Å². The summed E-state index contributed by atoms with van der Waals surface area (Å²) in [6, 6.07) is 2.44. The second-order valence-corrected chi connectivity index (χ2v) is 7.88. The van der Waals surface area contributed by atoms with Crippen molar-refractivity contribution in [3.05, 3.63) is 23.3 Å². The number of hydrogen-bond acceptors (Lipinski definition) is 8. The van der Waals surface area contributed by atoms with Gasteiger partial charge in [0.25, 0.3) is 0 Å². The van der Waals surface area contributed by atoms with Gasteiger partial charge in [-0.1, -0.05) is 12.4 Å². The molecule has 1 unspecified atom stereocenters. The standard InChI is InChI=1S/C18H25BN3O8/c1-21(2)12(7-14(20)23)17(24)22-8-11(9-22)29-13-4-3-10-5-6-19(27,28)30-16(10)15(13)18(25)26/h3-4,11-12,27-28H,5-9H2,1-2H3,(H2,20,23)(H,25,26)/q-1. The maximum atomic E-state index is 12.6. The van der Waals surface area contributed by atoms with E-state index in [2.05, 4.69) is 0 Å². The van der Waals surface area contributed by atoms with Gasteiger partial charge in [0.05, 0.1) is 31.3 Å². The first-order chi connectivity index (χ1) is 14.0. The van der Waals surface area contributed by atoms with Gasteiger partial charge in [-0.2, -0.15) is 0 Å². The van der Waals surface area contributed by atoms with Crippen molar-refractivity contribution < 1.29 is 38.9 Å². The number of carboxylic acid groups (broad SMARTS) is 1. The second kappa shape index (κ2) is 8.13. The van der Waals surface area contributed by atoms with Crippen LogP contribution in [0.5, 0.6) is 11.5 Å². The van der Waals surface area contributed by atoms with Gasteiger partial charge < -0.3 is 35.2 Å². The smallest absolute Gasteiger partial charge is 0.430 e. The van der Waals surface area contributed by atoms with Gasteiger partial charge in [0.1, 0.15) is 17.4 Å². The third-order valence-corrected chi connectivity index (χ3v) is 5.27. The number of carbonyl (C=O) groups excluding carboxylic acids is 2. The van der Waals surface area contributed by atoms with Crippen molar-refractivity contribution in [2.75, 3.05) is 27.2 Å². The molecule has 2 aliphatic rings. The number of primary amides is 1. The molecule has 1 aromatic rings. The highest BCUT2D eigenvalue weighted by Gasteiger charge is 2.39. The number of ether oxygens (including phenoxy) is 1. The molecule has 5 N–H and O–H groups in total. The van der Waals surface area contributed by atoms with Crippen molar-refractivity contribution in [1.82, 2.24) is 9.80 Å². The summed E-state index contributed by atoms with van der Waals surface area (Å²) in [6.07, 6.45) is -0.320. The third-order valence-electron chi connectivity index (χ3n) is 5.27. The summed E-state index contributed by atoms with van der Waals surface area (Å²) >= 11 is 0. The number of amides is 2. The first-order valence-corrected chi connectivity index (χ1v) is 9.57. The Kier molecular flexibility index (Phi) is 5.93. The molecule has 0 bridgehead atoms. The minimum absolute atomic E-state index is 0.0214. The highest BCUT2D eigenvalue weighted by Crippen LogP contribution is 2.39. The van der Waals surface area contributed by atoms with Crippen LogP contribution >= 0.6 is 0 Å². The summed E-state index contributed by atoms with van der Waals surface area (Å²) < 4.78 is 10.9. The van der Waals surface area contributed by atoms with Crippen molar-refractivity contribution in [1.29, 1.82) is 0 Å². The number of likely N-dealkylation sites (N-methyl/N-ethyl adjacent to an activating group) is 1. The summed E-state index contributed by atoms with van der Waals surface area (Å²) in [5, 5.41) is 29.2. The molecule has 0 spiro atoms. The zero-order valence-electron chi connectivity index (χ0n) is 16.8. The molecule has 30 heavy (non-hydrogen) atoms. The van der Waals surface area contributed by atoms with Crippen LogP contribution in [0.3, 0.4) is 0 Å². The molecule has 1 aromatic carbocycles. The Balaban J connectivity index is 1.71. The molecule has 3 rings (SSSR count). The zero-order chi connectivity index (χ0) is 22.2. The fraction of sp³-hybridized carbons (Fsp3) is 0.500. The predicted molar refractivity (Wildman–Crippen MR) is 105 cm³/mol. The quantitative estimate of drug-likeness (QED) is 0.389. The van der Waals surface area contributed by atoms with Crippen molar-refractivity contribution >= 4 is 24.5 Å². The number of hydrogen-bond donors (Lipinski definition) is 4. The molecule has 2 amide bonds. The zero-order valence-corrected chi connectivity index (χ0v) is 16.8. The molecular formula is C18H25BN3O8-. The first-order valence-electron chi connectivity index (χ1n) is 9.57. The lowest BCUT2D eigenvalue weighted by Gasteiger charge is -2.42. The molecule has 0 radical (unpaired) electrons. The fourth-order valence-corrected chi connectivity index (χ4v) is 3.60. The molecule has 1 fully saturated rings. The van der Waals surface area contributed by atoms with E-state index in [0.29, 0.717) is 5.56 Å². The molecule has 0 saturated carbocycles. The van der Waals surface area contributed by atoms with E-state index in [-0.39, 0.29) is 55.2 Å². The van der Waals surface area contributed by atoms with E-state index in [1.165, 1.54) is 11.0 Å². The van der Waals surface area contributed by atoms with E-state index in [4.69, 9.17) is 15.1 Å². The SMILES string of the molecule is CN(C)C(CC(N)=O)C(=O)N1CC(Oc2ccc3c(c2C(=O)O)O[B-](O)(O)CC3)C1. The number of aryl methyl sites for hydroxylation is 1. The van der Waals surface area contributed by atoms with Gasteiger partial charge in [0.15, 0.2) is 0 Å². The topological polar surface area (TPSA) is 163 Å². The fourth-order valence-electron chi connectivity index (χ4n) is 3.60. The van der Waals surface area contributed by atoms with Gasteiger partial charge in [-0.05, 0) is 32.1 Å². The van der Waals surface area contributed by atoms with Crippen LogP contribution in [-0.2, 0) is 16.0 Å². The number of nitrogens with two attached hydrogens (primary N) is 1. The number of rotatable bonds is 7. The molecule has 0 aromatic heterocycles. The lowest BCUT2D eigenvalue weighted by atomic mass is 9.70. The number of aromatic carboxylic acids is 1. The summed E-state index contributed by atoms with van der Waals surface area (Å²) in [4.78, 5) is 38.7. The molecule has 0 aliphatic carbocycles. The third kappa shape index (κ3) is 4.50. The van der Waals surface area contributed by atoms with Crippen LogP contribution in [0.4, 0.5) is 0 Å². The molecule has 2 heterocycles. The molecule has 1 atom stereocenters. The second-order valence-electron chi connectivity index (χ2n) is 7.88. The normalized spacial score (nSPS) is 18.8. The van der Waals surface area contributed by atoms with Crippen molar-refractivity contribution in [2.24, 2.45) is 5.73 Å². The number of benzene rings is 1. The molecule has 164 valence electrons. The van der Waals surface area contributed by atoms with E-state index < -0.39 is 30.8 Å². The van der Waals surface area contributed by atoms with Crippen molar-refractivity contribution in [3.63, 3.8) is 0 Å². The Hall–Kier alpha value is -2.83. The highest BCUT2D eigenvalue weighted by molar-refractivity contribution is 6.59. The van der Waals surface area contributed by atoms with Crippen molar-refractivity contribution in [2.45, 2.75) is 31.3 Å². The average molecular weight is 422 g/mol. The van der Waals surface area contributed by atoms with Crippen LogP contribution < -0.4 is 15.1 Å². The van der Waals surface area contributed by atoms with Crippen LogP contribution in [0.25, 0.3) is 0 Å². The predicted octanol–water partition coefficient (Wildman–Crippen LogP) is -1.36. The number of carboxylic acids is 1. The summed E-state index contributed by atoms with van der Waals surface area (Å²) in [7, 11) is 3.35. The molecule has 11 nitrogen and oxygen atoms in total. The Bertz CT molecular complexity index is 869. The monoisotopic (exact) mass is 422 g/mol. The summed E-state index contributed by atoms with van der Waals surface area (Å²) in [5.41, 5.74) is 5.48. The van der Waals surface area contributed by atoms with E-state index in [9.17, 15) is 29.5 Å². The Morgan fingerprint density at radius 1 is 1.33 bits per heavy atom. The molecular weight excluding hydrogens is 397 g/mol. The summed E-state index contributed by atoms with van der Waals surface area (Å²) in [5.74, 6) is -2.26. The van der Waals surface area contributed by atoms with Crippen LogP contribution in [-0.4, -0.2) is 88.8 Å². The summed E-state index contributed by atoms with van der Waals surface area (Å²) in [6.45, 7) is -2.69. The maximum Gasteiger partial charge on any atom is 0.430 e. The Labute approximate surface area is 173 Å². The first kappa shape index (κ1) is 21.9. The molecule has 12 heteroatoms. The number of carbonyl (C=O) groups is 3. The van der Waals surface area contributed by atoms with Gasteiger partial charge >= 0.3 is 12.7 Å². The molecule has 2 aliphatic heterocycles. The maximum absolute atomic E-state index is 12.6. The van der Waals surface area contributed by atoms with Crippen LogP contribution in [0, 0.1) is 0 Å².